The number of halogens is 1. The summed E-state index contributed by atoms with van der Waals surface area (Å²) in [4.78, 5) is 15.8. The fraction of sp³-hybridized carbons (Fsp3) is 0.125. The van der Waals surface area contributed by atoms with Crippen molar-refractivity contribution in [3.63, 3.8) is 0 Å². The van der Waals surface area contributed by atoms with E-state index in [4.69, 9.17) is 16.2 Å². The molecule has 1 heterocycles. The SMILES string of the molecule is O=c1[nH]c2ccc(CNCl)cc2o1. The first kappa shape index (κ1) is 8.34. The highest BCUT2D eigenvalue weighted by molar-refractivity contribution is 6.13. The number of fused-ring (bicyclic) bond motifs is 1. The number of oxazole rings is 1. The Kier molecular flexibility index (Phi) is 2.08. The van der Waals surface area contributed by atoms with Crippen LogP contribution in [0.25, 0.3) is 11.1 Å². The predicted molar refractivity (Wildman–Crippen MR) is 49.5 cm³/mol. The highest BCUT2D eigenvalue weighted by Gasteiger charge is 2.00. The van der Waals surface area contributed by atoms with Crippen LogP contribution < -0.4 is 10.6 Å². The second-order valence-corrected chi connectivity index (χ2v) is 2.92. The Morgan fingerprint density at radius 2 is 2.38 bits per heavy atom. The zero-order valence-electron chi connectivity index (χ0n) is 6.63. The van der Waals surface area contributed by atoms with E-state index in [0.29, 0.717) is 17.6 Å². The average molecular weight is 199 g/mol. The summed E-state index contributed by atoms with van der Waals surface area (Å²) in [6.07, 6.45) is 0. The molecule has 2 aromatic rings. The van der Waals surface area contributed by atoms with Crippen molar-refractivity contribution in [3.8, 4) is 0 Å². The highest BCUT2D eigenvalue weighted by Crippen LogP contribution is 2.11. The Bertz CT molecular complexity index is 474. The maximum absolute atomic E-state index is 10.8. The number of aromatic nitrogens is 1. The summed E-state index contributed by atoms with van der Waals surface area (Å²) in [6, 6.07) is 5.41. The molecule has 5 heteroatoms. The number of aromatic amines is 1. The number of hydrogen-bond acceptors (Lipinski definition) is 3. The van der Waals surface area contributed by atoms with Gasteiger partial charge in [-0.2, -0.15) is 0 Å². The first-order valence-electron chi connectivity index (χ1n) is 3.75. The van der Waals surface area contributed by atoms with Gasteiger partial charge in [0.05, 0.1) is 5.52 Å². The van der Waals surface area contributed by atoms with Gasteiger partial charge in [0.25, 0.3) is 0 Å². The molecular formula is C8H7ClN2O2. The average Bonchev–Trinajstić information content (AvgIpc) is 2.44. The Morgan fingerprint density at radius 3 is 3.15 bits per heavy atom. The van der Waals surface area contributed by atoms with Crippen molar-refractivity contribution in [1.29, 1.82) is 0 Å². The fourth-order valence-electron chi connectivity index (χ4n) is 1.18. The molecule has 0 radical (unpaired) electrons. The van der Waals surface area contributed by atoms with E-state index >= 15 is 0 Å². The number of nitrogens with one attached hydrogen (secondary N) is 2. The third-order valence-corrected chi connectivity index (χ3v) is 1.89. The van der Waals surface area contributed by atoms with Gasteiger partial charge in [-0.3, -0.25) is 4.98 Å². The Labute approximate surface area is 78.6 Å². The lowest BCUT2D eigenvalue weighted by Gasteiger charge is -1.96. The molecule has 0 aliphatic heterocycles. The monoisotopic (exact) mass is 198 g/mol. The van der Waals surface area contributed by atoms with E-state index in [-0.39, 0.29) is 0 Å². The maximum atomic E-state index is 10.8. The Hall–Kier alpha value is -1.26. The van der Waals surface area contributed by atoms with E-state index in [1.54, 1.807) is 12.1 Å². The van der Waals surface area contributed by atoms with Crippen LogP contribution in [0.3, 0.4) is 0 Å². The van der Waals surface area contributed by atoms with Crippen molar-refractivity contribution in [2.75, 3.05) is 0 Å². The van der Waals surface area contributed by atoms with Gasteiger partial charge in [0.1, 0.15) is 0 Å². The van der Waals surface area contributed by atoms with E-state index in [9.17, 15) is 4.79 Å². The molecule has 0 fully saturated rings. The zero-order valence-corrected chi connectivity index (χ0v) is 7.39. The van der Waals surface area contributed by atoms with Crippen LogP contribution in [0.1, 0.15) is 5.56 Å². The van der Waals surface area contributed by atoms with Gasteiger partial charge in [-0.15, -0.1) is 0 Å². The van der Waals surface area contributed by atoms with Crippen LogP contribution in [0.15, 0.2) is 27.4 Å². The largest absolute Gasteiger partial charge is 0.417 e. The number of H-pyrrole nitrogens is 1. The minimum Gasteiger partial charge on any atom is -0.408 e. The maximum Gasteiger partial charge on any atom is 0.417 e. The zero-order chi connectivity index (χ0) is 9.26. The van der Waals surface area contributed by atoms with Crippen LogP contribution in [0, 0.1) is 0 Å². The Balaban J connectivity index is 2.54. The summed E-state index contributed by atoms with van der Waals surface area (Å²) in [5.41, 5.74) is 2.21. The van der Waals surface area contributed by atoms with E-state index < -0.39 is 5.76 Å². The van der Waals surface area contributed by atoms with Crippen LogP contribution >= 0.6 is 11.8 Å². The third-order valence-electron chi connectivity index (χ3n) is 1.76. The van der Waals surface area contributed by atoms with Crippen LogP contribution in [0.5, 0.6) is 0 Å². The van der Waals surface area contributed by atoms with Gasteiger partial charge in [0.15, 0.2) is 5.58 Å². The van der Waals surface area contributed by atoms with Crippen LogP contribution in [-0.2, 0) is 6.54 Å². The van der Waals surface area contributed by atoms with Crippen molar-refractivity contribution in [3.05, 3.63) is 34.3 Å². The first-order chi connectivity index (χ1) is 6.29. The van der Waals surface area contributed by atoms with Crippen molar-refractivity contribution in [2.45, 2.75) is 6.54 Å². The fourth-order valence-corrected chi connectivity index (χ4v) is 1.33. The standard InChI is InChI=1S/C8H7ClN2O2/c9-10-4-5-1-2-6-7(3-5)13-8(12)11-6/h1-3,10H,4H2,(H,11,12). The lowest BCUT2D eigenvalue weighted by atomic mass is 10.2. The molecule has 0 atom stereocenters. The van der Waals surface area contributed by atoms with Gasteiger partial charge in [0, 0.05) is 6.54 Å². The van der Waals surface area contributed by atoms with Crippen LogP contribution in [0.2, 0.25) is 0 Å². The normalized spacial score (nSPS) is 10.8. The van der Waals surface area contributed by atoms with Crippen molar-refractivity contribution in [2.24, 2.45) is 0 Å². The van der Waals surface area contributed by atoms with E-state index in [1.165, 1.54) is 0 Å². The smallest absolute Gasteiger partial charge is 0.408 e. The van der Waals surface area contributed by atoms with Crippen LogP contribution in [-0.4, -0.2) is 4.98 Å². The molecule has 0 aliphatic carbocycles. The predicted octanol–water partition coefficient (Wildman–Crippen LogP) is 1.36. The van der Waals surface area contributed by atoms with Crippen LogP contribution in [0.4, 0.5) is 0 Å². The second kappa shape index (κ2) is 3.24. The number of hydrogen-bond donors (Lipinski definition) is 2. The summed E-state index contributed by atoms with van der Waals surface area (Å²) in [5.74, 6) is -0.439. The first-order valence-corrected chi connectivity index (χ1v) is 4.12. The summed E-state index contributed by atoms with van der Waals surface area (Å²) >= 11 is 5.34. The summed E-state index contributed by atoms with van der Waals surface area (Å²) < 4.78 is 4.87. The molecular weight excluding hydrogens is 192 g/mol. The molecule has 0 bridgehead atoms. The van der Waals surface area contributed by atoms with Gasteiger partial charge < -0.3 is 4.42 Å². The molecule has 0 spiro atoms. The summed E-state index contributed by atoms with van der Waals surface area (Å²) in [6.45, 7) is 0.534. The van der Waals surface area contributed by atoms with Crippen molar-refractivity contribution < 1.29 is 4.42 Å². The molecule has 0 unspecified atom stereocenters. The molecule has 2 N–H and O–H groups in total. The molecule has 1 aromatic carbocycles. The molecule has 0 saturated carbocycles. The van der Waals surface area contributed by atoms with E-state index in [0.717, 1.165) is 5.56 Å². The Morgan fingerprint density at radius 1 is 1.54 bits per heavy atom. The molecule has 0 aliphatic rings. The second-order valence-electron chi connectivity index (χ2n) is 2.66. The van der Waals surface area contributed by atoms with Crippen molar-refractivity contribution >= 4 is 22.9 Å². The minimum absolute atomic E-state index is 0.439. The van der Waals surface area contributed by atoms with E-state index in [2.05, 4.69) is 9.82 Å². The highest BCUT2D eigenvalue weighted by atomic mass is 35.5. The lowest BCUT2D eigenvalue weighted by Crippen LogP contribution is -1.97. The van der Waals surface area contributed by atoms with Crippen molar-refractivity contribution in [1.82, 2.24) is 9.82 Å². The number of rotatable bonds is 2. The molecule has 13 heavy (non-hydrogen) atoms. The van der Waals surface area contributed by atoms with E-state index in [1.807, 2.05) is 6.07 Å². The topological polar surface area (TPSA) is 58.0 Å². The third kappa shape index (κ3) is 1.59. The molecule has 4 nitrogen and oxygen atoms in total. The number of benzene rings is 1. The molecule has 0 amide bonds. The quantitative estimate of drug-likeness (QED) is 0.717. The van der Waals surface area contributed by atoms with Gasteiger partial charge in [0.2, 0.25) is 0 Å². The lowest BCUT2D eigenvalue weighted by molar-refractivity contribution is 0.555. The summed E-state index contributed by atoms with van der Waals surface area (Å²) in [7, 11) is 0. The van der Waals surface area contributed by atoms with Gasteiger partial charge >= 0.3 is 5.76 Å². The molecule has 1 aromatic heterocycles. The van der Waals surface area contributed by atoms with Gasteiger partial charge in [-0.25, -0.2) is 9.63 Å². The molecule has 68 valence electrons. The molecule has 2 rings (SSSR count). The molecule has 0 saturated heterocycles. The van der Waals surface area contributed by atoms with Gasteiger partial charge in [-0.05, 0) is 29.5 Å². The summed E-state index contributed by atoms with van der Waals surface area (Å²) in [5, 5.41) is 0. The minimum atomic E-state index is -0.439. The van der Waals surface area contributed by atoms with Gasteiger partial charge in [-0.1, -0.05) is 6.07 Å².